The summed E-state index contributed by atoms with van der Waals surface area (Å²) >= 11 is 12.5. The number of hydrogen-bond donors (Lipinski definition) is 0. The maximum atomic E-state index is 12.1. The number of alkyl halides is 2. The predicted octanol–water partition coefficient (Wildman–Crippen LogP) is 2.80. The Morgan fingerprint density at radius 2 is 2.06 bits per heavy atom. The molecule has 2 nitrogen and oxygen atoms in total. The van der Waals surface area contributed by atoms with Crippen LogP contribution >= 0.6 is 23.2 Å². The Labute approximate surface area is 104 Å². The number of nitrogens with zero attached hydrogens (tertiary/aromatic N) is 1. The average molecular weight is 256 g/mol. The molecule has 0 radical (unpaired) electrons. The van der Waals surface area contributed by atoms with Crippen molar-refractivity contribution in [1.29, 1.82) is 0 Å². The first kappa shape index (κ1) is 10.4. The zero-order valence-corrected chi connectivity index (χ0v) is 10.3. The van der Waals surface area contributed by atoms with Crippen molar-refractivity contribution in [3.8, 4) is 0 Å². The van der Waals surface area contributed by atoms with Crippen LogP contribution in [0.2, 0.25) is 0 Å². The number of carbonyl (C=O) groups is 1. The number of benzene rings is 1. The molecule has 0 unspecified atom stereocenters. The first-order valence-electron chi connectivity index (χ1n) is 5.26. The Morgan fingerprint density at radius 3 is 2.75 bits per heavy atom. The summed E-state index contributed by atoms with van der Waals surface area (Å²) < 4.78 is -0.726. The molecule has 0 N–H and O–H groups in total. The third-order valence-electron chi connectivity index (χ3n) is 3.67. The Morgan fingerprint density at radius 1 is 1.38 bits per heavy atom. The maximum Gasteiger partial charge on any atom is 0.254 e. The van der Waals surface area contributed by atoms with Gasteiger partial charge in [-0.15, -0.1) is 23.2 Å². The Kier molecular flexibility index (Phi) is 2.05. The van der Waals surface area contributed by atoms with Gasteiger partial charge in [-0.2, -0.15) is 0 Å². The van der Waals surface area contributed by atoms with Gasteiger partial charge in [0.05, 0.1) is 0 Å². The summed E-state index contributed by atoms with van der Waals surface area (Å²) in [4.78, 5) is 13.8. The highest BCUT2D eigenvalue weighted by Crippen LogP contribution is 2.57. The van der Waals surface area contributed by atoms with Crippen molar-refractivity contribution in [3.63, 3.8) is 0 Å². The van der Waals surface area contributed by atoms with Crippen molar-refractivity contribution < 1.29 is 4.79 Å². The lowest BCUT2D eigenvalue weighted by atomic mass is 9.69. The smallest absolute Gasteiger partial charge is 0.254 e. The van der Waals surface area contributed by atoms with Crippen molar-refractivity contribution in [2.24, 2.45) is 0 Å². The van der Waals surface area contributed by atoms with E-state index in [2.05, 4.69) is 0 Å². The maximum absolute atomic E-state index is 12.1. The highest BCUT2D eigenvalue weighted by Gasteiger charge is 2.58. The second-order valence-electron chi connectivity index (χ2n) is 4.51. The van der Waals surface area contributed by atoms with Crippen LogP contribution in [0.1, 0.15) is 28.3 Å². The van der Waals surface area contributed by atoms with E-state index in [1.165, 1.54) is 0 Å². The van der Waals surface area contributed by atoms with E-state index in [1.54, 1.807) is 4.90 Å². The summed E-state index contributed by atoms with van der Waals surface area (Å²) in [6.07, 6.45) is 0.650. The molecule has 2 atom stereocenters. The van der Waals surface area contributed by atoms with Gasteiger partial charge in [0.15, 0.2) is 0 Å². The minimum Gasteiger partial charge on any atom is -0.338 e. The second kappa shape index (κ2) is 3.14. The van der Waals surface area contributed by atoms with E-state index in [-0.39, 0.29) is 17.9 Å². The van der Waals surface area contributed by atoms with Gasteiger partial charge in [0.2, 0.25) is 0 Å². The third kappa shape index (κ3) is 1.17. The minimum atomic E-state index is -0.726. The fourth-order valence-corrected chi connectivity index (χ4v) is 3.59. The molecule has 4 heteroatoms. The number of hydrogen-bond acceptors (Lipinski definition) is 1. The van der Waals surface area contributed by atoms with E-state index in [4.69, 9.17) is 23.2 Å². The fraction of sp³-hybridized carbons (Fsp3) is 0.417. The van der Waals surface area contributed by atoms with E-state index in [0.717, 1.165) is 11.1 Å². The van der Waals surface area contributed by atoms with Crippen LogP contribution in [0.4, 0.5) is 0 Å². The lowest BCUT2D eigenvalue weighted by Gasteiger charge is -2.54. The van der Waals surface area contributed by atoms with Gasteiger partial charge in [-0.1, -0.05) is 18.2 Å². The van der Waals surface area contributed by atoms with Crippen LogP contribution in [-0.2, 0) is 0 Å². The van der Waals surface area contributed by atoms with Crippen LogP contribution < -0.4 is 0 Å². The largest absolute Gasteiger partial charge is 0.338 e. The van der Waals surface area contributed by atoms with Crippen molar-refractivity contribution in [1.82, 2.24) is 4.90 Å². The van der Waals surface area contributed by atoms with Crippen molar-refractivity contribution in [2.45, 2.75) is 22.7 Å². The van der Waals surface area contributed by atoms with E-state index in [1.807, 2.05) is 31.3 Å². The fourth-order valence-electron chi connectivity index (χ4n) is 2.74. The molecule has 3 rings (SSSR count). The number of likely N-dealkylation sites (N-methyl/N-ethyl adjacent to an activating group) is 1. The lowest BCUT2D eigenvalue weighted by Crippen LogP contribution is -2.60. The summed E-state index contributed by atoms with van der Waals surface area (Å²) in [5, 5.41) is 0. The van der Waals surface area contributed by atoms with Crippen LogP contribution in [0.15, 0.2) is 24.3 Å². The quantitative estimate of drug-likeness (QED) is 0.653. The van der Waals surface area contributed by atoms with Crippen molar-refractivity contribution in [3.05, 3.63) is 35.4 Å². The summed E-state index contributed by atoms with van der Waals surface area (Å²) in [6, 6.07) is 7.74. The van der Waals surface area contributed by atoms with Gasteiger partial charge >= 0.3 is 0 Å². The van der Waals surface area contributed by atoms with Gasteiger partial charge in [0.25, 0.3) is 5.91 Å². The zero-order chi connectivity index (χ0) is 11.5. The van der Waals surface area contributed by atoms with E-state index >= 15 is 0 Å². The van der Waals surface area contributed by atoms with Gasteiger partial charge in [0, 0.05) is 31.0 Å². The molecule has 0 aromatic heterocycles. The molecule has 84 valence electrons. The molecule has 1 fully saturated rings. The molecule has 1 heterocycles. The highest BCUT2D eigenvalue weighted by molar-refractivity contribution is 6.50. The van der Waals surface area contributed by atoms with Crippen molar-refractivity contribution in [2.75, 3.05) is 7.05 Å². The highest BCUT2D eigenvalue weighted by atomic mass is 35.5. The number of halogens is 2. The molecule has 1 saturated carbocycles. The molecule has 0 bridgehead atoms. The number of fused-ring (bicyclic) bond motifs is 3. The molecule has 1 aromatic carbocycles. The zero-order valence-electron chi connectivity index (χ0n) is 8.78. The molecule has 0 saturated heterocycles. The summed E-state index contributed by atoms with van der Waals surface area (Å²) in [7, 11) is 1.82. The molecular weight excluding hydrogens is 245 g/mol. The average Bonchev–Trinajstić information content (AvgIpc) is 2.24. The normalized spacial score (nSPS) is 30.4. The van der Waals surface area contributed by atoms with E-state index < -0.39 is 4.33 Å². The van der Waals surface area contributed by atoms with Gasteiger partial charge in [-0.3, -0.25) is 4.79 Å². The second-order valence-corrected chi connectivity index (χ2v) is 6.06. The van der Waals surface area contributed by atoms with Crippen molar-refractivity contribution >= 4 is 29.1 Å². The summed E-state index contributed by atoms with van der Waals surface area (Å²) in [6.45, 7) is 0. The SMILES string of the molecule is CN1C(=O)c2ccccc2[C@H]2[C@@H]1CC2(Cl)Cl. The molecule has 2 aliphatic rings. The standard InChI is InChI=1S/C12H11Cl2NO/c1-15-9-6-12(13,14)10(9)7-4-2-3-5-8(7)11(15)16/h2-5,9-10H,6H2,1H3/t9-,10-/m0/s1. The molecule has 1 aliphatic carbocycles. The first-order valence-corrected chi connectivity index (χ1v) is 6.02. The van der Waals surface area contributed by atoms with Crippen LogP contribution in [0.3, 0.4) is 0 Å². The van der Waals surface area contributed by atoms with Gasteiger partial charge in [0.1, 0.15) is 4.33 Å². The van der Waals surface area contributed by atoms with Gasteiger partial charge in [-0.05, 0) is 11.6 Å². The van der Waals surface area contributed by atoms with Crippen LogP contribution in [0.5, 0.6) is 0 Å². The van der Waals surface area contributed by atoms with Gasteiger partial charge in [-0.25, -0.2) is 0 Å². The molecule has 0 spiro atoms. The summed E-state index contributed by atoms with van der Waals surface area (Å²) in [5.74, 6) is 0.121. The number of carbonyl (C=O) groups excluding carboxylic acids is 1. The Bertz CT molecular complexity index is 472. The number of amides is 1. The monoisotopic (exact) mass is 255 g/mol. The van der Waals surface area contributed by atoms with E-state index in [9.17, 15) is 4.79 Å². The Hall–Kier alpha value is -0.730. The molecule has 16 heavy (non-hydrogen) atoms. The molecular formula is C12H11Cl2NO. The summed E-state index contributed by atoms with van der Waals surface area (Å²) in [5.41, 5.74) is 1.73. The molecule has 1 amide bonds. The van der Waals surface area contributed by atoms with Crippen LogP contribution in [0.25, 0.3) is 0 Å². The first-order chi connectivity index (χ1) is 7.52. The number of rotatable bonds is 0. The third-order valence-corrected chi connectivity index (χ3v) is 4.44. The predicted molar refractivity (Wildman–Crippen MR) is 64.1 cm³/mol. The molecule has 1 aliphatic heterocycles. The molecule has 1 aromatic rings. The topological polar surface area (TPSA) is 20.3 Å². The minimum absolute atomic E-state index is 0.0507. The van der Waals surface area contributed by atoms with Crippen LogP contribution in [0, 0.1) is 0 Å². The lowest BCUT2D eigenvalue weighted by molar-refractivity contribution is 0.0526. The van der Waals surface area contributed by atoms with Crippen LogP contribution in [-0.4, -0.2) is 28.2 Å². The Balaban J connectivity index is 2.17. The van der Waals surface area contributed by atoms with Gasteiger partial charge < -0.3 is 4.90 Å². The van der Waals surface area contributed by atoms with E-state index in [0.29, 0.717) is 6.42 Å².